The van der Waals surface area contributed by atoms with Crippen LogP contribution >= 0.6 is 15.9 Å². The molecule has 126 valence electrons. The second kappa shape index (κ2) is 7.53. The molecule has 0 aliphatic carbocycles. The van der Waals surface area contributed by atoms with E-state index < -0.39 is 35.7 Å². The monoisotopic (exact) mass is 403 g/mol. The fraction of sp³-hybridized carbons (Fsp3) is 0.188. The summed E-state index contributed by atoms with van der Waals surface area (Å²) in [5.41, 5.74) is -1.73. The van der Waals surface area contributed by atoms with Crippen molar-refractivity contribution in [1.82, 2.24) is 4.57 Å². The average molecular weight is 404 g/mol. The summed E-state index contributed by atoms with van der Waals surface area (Å²) in [6.45, 7) is -1.19. The number of aromatic nitrogens is 1. The summed E-state index contributed by atoms with van der Waals surface area (Å²) in [6, 6.07) is 4.16. The second-order valence-electron chi connectivity index (χ2n) is 4.63. The molecule has 8 heteroatoms. The molecule has 0 saturated heterocycles. The van der Waals surface area contributed by atoms with Gasteiger partial charge in [-0.25, -0.2) is 17.6 Å². The van der Waals surface area contributed by atoms with Gasteiger partial charge in [-0.1, -0.05) is 5.92 Å². The topological polar surface area (TPSA) is 31.2 Å². The van der Waals surface area contributed by atoms with Crippen LogP contribution in [-0.2, 0) is 6.54 Å². The SMILES string of the molecule is C#CCOc1cc(F)c(-c2ccc(Br)c(=O)n2CC(F)F)c(F)c1. The molecule has 0 amide bonds. The summed E-state index contributed by atoms with van der Waals surface area (Å²) < 4.78 is 59.6. The zero-order chi connectivity index (χ0) is 17.9. The molecule has 1 aromatic heterocycles. The Morgan fingerprint density at radius 2 is 1.88 bits per heavy atom. The van der Waals surface area contributed by atoms with Gasteiger partial charge in [0.2, 0.25) is 0 Å². The van der Waals surface area contributed by atoms with Crippen LogP contribution in [0.4, 0.5) is 17.6 Å². The summed E-state index contributed by atoms with van der Waals surface area (Å²) in [7, 11) is 0. The summed E-state index contributed by atoms with van der Waals surface area (Å²) in [6.07, 6.45) is 2.12. The highest BCUT2D eigenvalue weighted by molar-refractivity contribution is 9.10. The van der Waals surface area contributed by atoms with Crippen molar-refractivity contribution < 1.29 is 22.3 Å². The zero-order valence-electron chi connectivity index (χ0n) is 12.0. The molecule has 0 atom stereocenters. The van der Waals surface area contributed by atoms with E-state index in [-0.39, 0.29) is 22.5 Å². The highest BCUT2D eigenvalue weighted by atomic mass is 79.9. The normalized spacial score (nSPS) is 10.7. The van der Waals surface area contributed by atoms with E-state index in [1.165, 1.54) is 12.1 Å². The Labute approximate surface area is 143 Å². The van der Waals surface area contributed by atoms with E-state index in [2.05, 4.69) is 21.9 Å². The molecule has 0 bridgehead atoms. The van der Waals surface area contributed by atoms with E-state index in [9.17, 15) is 22.4 Å². The van der Waals surface area contributed by atoms with Crippen LogP contribution in [-0.4, -0.2) is 17.6 Å². The number of hydrogen-bond acceptors (Lipinski definition) is 2. The molecular formula is C16H10BrF4NO2. The summed E-state index contributed by atoms with van der Waals surface area (Å²) in [5, 5.41) is 0. The van der Waals surface area contributed by atoms with E-state index in [0.717, 1.165) is 12.1 Å². The lowest BCUT2D eigenvalue weighted by atomic mass is 10.1. The van der Waals surface area contributed by atoms with Gasteiger partial charge in [-0.3, -0.25) is 4.79 Å². The van der Waals surface area contributed by atoms with Crippen LogP contribution in [0.5, 0.6) is 5.75 Å². The van der Waals surface area contributed by atoms with Gasteiger partial charge in [0.25, 0.3) is 12.0 Å². The maximum Gasteiger partial charge on any atom is 0.265 e. The smallest absolute Gasteiger partial charge is 0.265 e. The molecular weight excluding hydrogens is 394 g/mol. The zero-order valence-corrected chi connectivity index (χ0v) is 13.6. The highest BCUT2D eigenvalue weighted by Crippen LogP contribution is 2.30. The van der Waals surface area contributed by atoms with Crippen LogP contribution in [0.25, 0.3) is 11.3 Å². The molecule has 3 nitrogen and oxygen atoms in total. The number of terminal acetylenes is 1. The van der Waals surface area contributed by atoms with Crippen molar-refractivity contribution >= 4 is 15.9 Å². The van der Waals surface area contributed by atoms with Crippen LogP contribution < -0.4 is 10.3 Å². The number of alkyl halides is 2. The van der Waals surface area contributed by atoms with Gasteiger partial charge in [-0.2, -0.15) is 0 Å². The van der Waals surface area contributed by atoms with Gasteiger partial charge in [0, 0.05) is 12.1 Å². The van der Waals surface area contributed by atoms with Crippen LogP contribution in [0.1, 0.15) is 0 Å². The van der Waals surface area contributed by atoms with E-state index in [1.807, 2.05) is 0 Å². The quantitative estimate of drug-likeness (QED) is 0.561. The Bertz CT molecular complexity index is 835. The molecule has 0 N–H and O–H groups in total. The molecule has 0 saturated carbocycles. The van der Waals surface area contributed by atoms with Gasteiger partial charge >= 0.3 is 0 Å². The third kappa shape index (κ3) is 3.79. The maximum atomic E-state index is 14.3. The van der Waals surface area contributed by atoms with Crippen LogP contribution in [0.2, 0.25) is 0 Å². The predicted octanol–water partition coefficient (Wildman–Crippen LogP) is 3.83. The minimum absolute atomic E-state index is 0.00156. The van der Waals surface area contributed by atoms with Gasteiger partial charge in [0.15, 0.2) is 0 Å². The Morgan fingerprint density at radius 3 is 2.42 bits per heavy atom. The molecule has 0 spiro atoms. The first kappa shape index (κ1) is 18.1. The molecule has 1 aromatic carbocycles. The molecule has 0 radical (unpaired) electrons. The van der Waals surface area contributed by atoms with Gasteiger partial charge in [0.05, 0.1) is 22.3 Å². The Kier molecular flexibility index (Phi) is 5.67. The molecule has 0 aliphatic heterocycles. The van der Waals surface area contributed by atoms with Crippen molar-refractivity contribution in [3.63, 3.8) is 0 Å². The number of benzene rings is 1. The maximum absolute atomic E-state index is 14.3. The molecule has 1 heterocycles. The van der Waals surface area contributed by atoms with Crippen LogP contribution in [0.15, 0.2) is 33.5 Å². The lowest BCUT2D eigenvalue weighted by molar-refractivity contribution is 0.125. The predicted molar refractivity (Wildman–Crippen MR) is 84.1 cm³/mol. The van der Waals surface area contributed by atoms with E-state index in [1.54, 1.807) is 0 Å². The van der Waals surface area contributed by atoms with Crippen molar-refractivity contribution in [2.45, 2.75) is 13.0 Å². The Hall–Kier alpha value is -2.27. The molecule has 0 aliphatic rings. The van der Waals surface area contributed by atoms with Gasteiger partial charge < -0.3 is 9.30 Å². The fourth-order valence-electron chi connectivity index (χ4n) is 2.09. The highest BCUT2D eigenvalue weighted by Gasteiger charge is 2.20. The molecule has 2 rings (SSSR count). The standard InChI is InChI=1S/C16H10BrF4NO2/c1-2-5-24-9-6-11(18)15(12(19)7-9)13-4-3-10(17)16(23)22(13)8-14(20)21/h1,3-4,6-7,14H,5,8H2. The summed E-state index contributed by atoms with van der Waals surface area (Å²) >= 11 is 2.92. The number of nitrogens with zero attached hydrogens (tertiary/aromatic N) is 1. The first-order valence-electron chi connectivity index (χ1n) is 6.58. The number of halogens is 5. The van der Waals surface area contributed by atoms with Crippen LogP contribution in [0.3, 0.4) is 0 Å². The molecule has 0 fully saturated rings. The average Bonchev–Trinajstić information content (AvgIpc) is 2.51. The van der Waals surface area contributed by atoms with Crippen molar-refractivity contribution in [3.05, 3.63) is 50.7 Å². The molecule has 2 aromatic rings. The number of ether oxygens (including phenoxy) is 1. The minimum Gasteiger partial charge on any atom is -0.481 e. The Morgan fingerprint density at radius 1 is 1.25 bits per heavy atom. The van der Waals surface area contributed by atoms with Crippen molar-refractivity contribution in [1.29, 1.82) is 0 Å². The first-order chi connectivity index (χ1) is 11.3. The fourth-order valence-corrected chi connectivity index (χ4v) is 2.44. The van der Waals surface area contributed by atoms with E-state index in [4.69, 9.17) is 11.2 Å². The first-order valence-corrected chi connectivity index (χ1v) is 7.37. The lowest BCUT2D eigenvalue weighted by Gasteiger charge is -2.15. The lowest BCUT2D eigenvalue weighted by Crippen LogP contribution is -2.25. The van der Waals surface area contributed by atoms with Crippen LogP contribution in [0, 0.1) is 24.0 Å². The largest absolute Gasteiger partial charge is 0.481 e. The number of rotatable bonds is 5. The van der Waals surface area contributed by atoms with E-state index in [0.29, 0.717) is 4.57 Å². The number of hydrogen-bond donors (Lipinski definition) is 0. The summed E-state index contributed by atoms with van der Waals surface area (Å²) in [5.74, 6) is -0.128. The van der Waals surface area contributed by atoms with Crippen molar-refractivity contribution in [2.75, 3.05) is 6.61 Å². The third-order valence-electron chi connectivity index (χ3n) is 3.04. The van der Waals surface area contributed by atoms with Crippen molar-refractivity contribution in [2.24, 2.45) is 0 Å². The van der Waals surface area contributed by atoms with Gasteiger partial charge in [-0.05, 0) is 28.1 Å². The Balaban J connectivity index is 2.62. The summed E-state index contributed by atoms with van der Waals surface area (Å²) in [4.78, 5) is 12.0. The molecule has 0 unspecified atom stereocenters. The number of pyridine rings is 1. The molecule has 24 heavy (non-hydrogen) atoms. The van der Waals surface area contributed by atoms with Crippen molar-refractivity contribution in [3.8, 4) is 29.4 Å². The third-order valence-corrected chi connectivity index (χ3v) is 3.65. The van der Waals surface area contributed by atoms with E-state index >= 15 is 0 Å². The van der Waals surface area contributed by atoms with Gasteiger partial charge in [0.1, 0.15) is 24.0 Å². The minimum atomic E-state index is -2.87. The second-order valence-corrected chi connectivity index (χ2v) is 5.48. The van der Waals surface area contributed by atoms with Gasteiger partial charge in [-0.15, -0.1) is 6.42 Å².